The number of hydrogen-bond acceptors (Lipinski definition) is 4. The second kappa shape index (κ2) is 6.26. The predicted octanol–water partition coefficient (Wildman–Crippen LogP) is 3.66. The van der Waals surface area contributed by atoms with E-state index >= 15 is 0 Å². The molecule has 5 nitrogen and oxygen atoms in total. The summed E-state index contributed by atoms with van der Waals surface area (Å²) >= 11 is 0. The molecule has 2 aliphatic rings. The molecule has 0 saturated carbocycles. The average molecular weight is 345 g/mol. The number of hydrazone groups is 1. The first-order valence-corrected chi connectivity index (χ1v) is 8.61. The molecular formula is C21H19N3O2. The van der Waals surface area contributed by atoms with Crippen LogP contribution in [0.5, 0.6) is 0 Å². The third-order valence-corrected chi connectivity index (χ3v) is 4.97. The highest BCUT2D eigenvalue weighted by atomic mass is 16.2. The normalized spacial score (nSPS) is 20.2. The van der Waals surface area contributed by atoms with E-state index in [-0.39, 0.29) is 17.9 Å². The Labute approximate surface area is 152 Å². The van der Waals surface area contributed by atoms with E-state index in [1.807, 2.05) is 65.7 Å². The maximum absolute atomic E-state index is 12.5. The first-order valence-electron chi connectivity index (χ1n) is 8.61. The van der Waals surface area contributed by atoms with Crippen molar-refractivity contribution in [3.63, 3.8) is 0 Å². The number of rotatable bonds is 2. The van der Waals surface area contributed by atoms with Crippen LogP contribution in [0.4, 0.5) is 5.69 Å². The van der Waals surface area contributed by atoms with Gasteiger partial charge in [0.05, 0.1) is 11.7 Å². The van der Waals surface area contributed by atoms with Crippen LogP contribution in [0, 0.1) is 0 Å². The fourth-order valence-electron chi connectivity index (χ4n) is 3.37. The van der Waals surface area contributed by atoms with Gasteiger partial charge >= 0.3 is 0 Å². The molecule has 0 fully saturated rings. The van der Waals surface area contributed by atoms with E-state index in [2.05, 4.69) is 5.10 Å². The number of amides is 2. The van der Waals surface area contributed by atoms with Gasteiger partial charge < -0.3 is 0 Å². The summed E-state index contributed by atoms with van der Waals surface area (Å²) in [4.78, 5) is 26.3. The molecule has 2 aromatic carbocycles. The van der Waals surface area contributed by atoms with E-state index in [4.69, 9.17) is 0 Å². The zero-order valence-corrected chi connectivity index (χ0v) is 14.7. The average Bonchev–Trinajstić information content (AvgIpc) is 3.19. The number of amidine groups is 1. The molecule has 0 aromatic heterocycles. The maximum atomic E-state index is 12.5. The van der Waals surface area contributed by atoms with E-state index in [9.17, 15) is 9.59 Å². The number of carbonyl (C=O) groups excluding carboxylic acids is 2. The molecule has 0 radical (unpaired) electrons. The van der Waals surface area contributed by atoms with Gasteiger partial charge in [0.25, 0.3) is 11.8 Å². The topological polar surface area (TPSA) is 53.0 Å². The second-order valence-electron chi connectivity index (χ2n) is 6.52. The number of imide groups is 1. The highest BCUT2D eigenvalue weighted by Gasteiger charge is 2.41. The summed E-state index contributed by atoms with van der Waals surface area (Å²) in [7, 11) is 0. The number of para-hydroxylation sites is 1. The lowest BCUT2D eigenvalue weighted by molar-refractivity contribution is -0.132. The van der Waals surface area contributed by atoms with Crippen molar-refractivity contribution in [2.45, 2.75) is 26.3 Å². The Hall–Kier alpha value is -3.21. The fraction of sp³-hybridized carbons (Fsp3) is 0.190. The number of carbonyl (C=O) groups is 2. The Morgan fingerprint density at radius 3 is 1.96 bits per heavy atom. The predicted molar refractivity (Wildman–Crippen MR) is 100 cm³/mol. The molecule has 0 spiro atoms. The van der Waals surface area contributed by atoms with Crippen molar-refractivity contribution in [2.75, 3.05) is 5.01 Å². The summed E-state index contributed by atoms with van der Waals surface area (Å²) in [5, 5.41) is 6.57. The van der Waals surface area contributed by atoms with Gasteiger partial charge in [-0.25, -0.2) is 4.90 Å². The second-order valence-corrected chi connectivity index (χ2v) is 6.52. The standard InChI is InChI=1S/C21H19N3O2/c1-14-15(2)21(26)23(20(14)25)19-13-18(16-9-5-3-6-10-16)24(22-19)17-11-7-4-8-12-17/h3-12,18H,13H2,1-2H3. The van der Waals surface area contributed by atoms with Gasteiger partial charge in [-0.2, -0.15) is 5.10 Å². The summed E-state index contributed by atoms with van der Waals surface area (Å²) < 4.78 is 0. The largest absolute Gasteiger partial charge is 0.269 e. The molecule has 2 aromatic rings. The molecule has 0 aliphatic carbocycles. The van der Waals surface area contributed by atoms with Crippen LogP contribution in [-0.2, 0) is 9.59 Å². The van der Waals surface area contributed by atoms with E-state index in [1.54, 1.807) is 13.8 Å². The van der Waals surface area contributed by atoms with Crippen molar-refractivity contribution in [3.8, 4) is 0 Å². The van der Waals surface area contributed by atoms with Crippen LogP contribution in [0.25, 0.3) is 0 Å². The van der Waals surface area contributed by atoms with Gasteiger partial charge in [-0.1, -0.05) is 48.5 Å². The molecule has 1 unspecified atom stereocenters. The van der Waals surface area contributed by atoms with E-state index in [1.165, 1.54) is 4.90 Å². The summed E-state index contributed by atoms with van der Waals surface area (Å²) in [5.74, 6) is -0.0464. The molecule has 4 rings (SSSR count). The van der Waals surface area contributed by atoms with Crippen LogP contribution in [0.2, 0.25) is 0 Å². The van der Waals surface area contributed by atoms with Crippen LogP contribution in [0.15, 0.2) is 76.9 Å². The van der Waals surface area contributed by atoms with Gasteiger partial charge in [0.2, 0.25) is 0 Å². The Balaban J connectivity index is 1.74. The van der Waals surface area contributed by atoms with Crippen molar-refractivity contribution >= 4 is 23.3 Å². The number of benzene rings is 2. The number of anilines is 1. The van der Waals surface area contributed by atoms with Crippen LogP contribution < -0.4 is 5.01 Å². The van der Waals surface area contributed by atoms with Gasteiger partial charge in [0, 0.05) is 17.6 Å². The van der Waals surface area contributed by atoms with Gasteiger partial charge in [0.15, 0.2) is 0 Å². The first kappa shape index (κ1) is 16.3. The van der Waals surface area contributed by atoms with Crippen molar-refractivity contribution in [3.05, 3.63) is 77.4 Å². The van der Waals surface area contributed by atoms with E-state index in [0.717, 1.165) is 11.3 Å². The summed E-state index contributed by atoms with van der Waals surface area (Å²) in [6, 6.07) is 19.8. The number of hydrogen-bond donors (Lipinski definition) is 0. The SMILES string of the molecule is CC1=C(C)C(=O)N(C2=NN(c3ccccc3)C(c3ccccc3)C2)C1=O. The highest BCUT2D eigenvalue weighted by Crippen LogP contribution is 2.37. The zero-order chi connectivity index (χ0) is 18.3. The molecular weight excluding hydrogens is 326 g/mol. The Morgan fingerprint density at radius 1 is 0.846 bits per heavy atom. The lowest BCUT2D eigenvalue weighted by Gasteiger charge is -2.23. The molecule has 0 bridgehead atoms. The minimum absolute atomic E-state index is 0.0598. The molecule has 0 N–H and O–H groups in total. The minimum atomic E-state index is -0.270. The smallest absolute Gasteiger partial charge is 0.262 e. The summed E-state index contributed by atoms with van der Waals surface area (Å²) in [6.45, 7) is 3.38. The van der Waals surface area contributed by atoms with Crippen LogP contribution in [-0.4, -0.2) is 22.5 Å². The van der Waals surface area contributed by atoms with Crippen LogP contribution >= 0.6 is 0 Å². The Bertz CT molecular complexity index is 908. The highest BCUT2D eigenvalue weighted by molar-refractivity contribution is 6.28. The van der Waals surface area contributed by atoms with Gasteiger partial charge in [-0.05, 0) is 31.5 Å². The van der Waals surface area contributed by atoms with Gasteiger partial charge in [0.1, 0.15) is 5.84 Å². The Morgan fingerprint density at radius 2 is 1.38 bits per heavy atom. The van der Waals surface area contributed by atoms with Crippen molar-refractivity contribution in [1.29, 1.82) is 0 Å². The molecule has 2 amide bonds. The summed E-state index contributed by atoms with van der Waals surface area (Å²) in [6.07, 6.45) is 0.497. The van der Waals surface area contributed by atoms with E-state index < -0.39 is 0 Å². The molecule has 2 heterocycles. The van der Waals surface area contributed by atoms with Crippen molar-refractivity contribution in [1.82, 2.24) is 4.90 Å². The summed E-state index contributed by atoms with van der Waals surface area (Å²) in [5.41, 5.74) is 3.01. The van der Waals surface area contributed by atoms with Crippen molar-refractivity contribution < 1.29 is 9.59 Å². The third-order valence-electron chi connectivity index (χ3n) is 4.97. The molecule has 1 atom stereocenters. The Kier molecular flexibility index (Phi) is 3.92. The monoisotopic (exact) mass is 345 g/mol. The number of nitrogens with zero attached hydrogens (tertiary/aromatic N) is 3. The van der Waals surface area contributed by atoms with Gasteiger partial charge in [-0.15, -0.1) is 0 Å². The molecule has 130 valence electrons. The third kappa shape index (κ3) is 2.52. The lowest BCUT2D eigenvalue weighted by atomic mass is 10.0. The lowest BCUT2D eigenvalue weighted by Crippen LogP contribution is -2.36. The van der Waals surface area contributed by atoms with Gasteiger partial charge in [-0.3, -0.25) is 14.6 Å². The minimum Gasteiger partial charge on any atom is -0.269 e. The molecule has 2 aliphatic heterocycles. The zero-order valence-electron chi connectivity index (χ0n) is 14.7. The molecule has 26 heavy (non-hydrogen) atoms. The molecule has 5 heteroatoms. The van der Waals surface area contributed by atoms with Crippen molar-refractivity contribution in [2.24, 2.45) is 5.10 Å². The maximum Gasteiger partial charge on any atom is 0.262 e. The fourth-order valence-corrected chi connectivity index (χ4v) is 3.37. The molecule has 0 saturated heterocycles. The quantitative estimate of drug-likeness (QED) is 0.781. The van der Waals surface area contributed by atoms with Crippen LogP contribution in [0.3, 0.4) is 0 Å². The first-order chi connectivity index (χ1) is 12.6. The van der Waals surface area contributed by atoms with Crippen LogP contribution in [0.1, 0.15) is 31.9 Å². The van der Waals surface area contributed by atoms with E-state index in [0.29, 0.717) is 23.4 Å².